The zero-order valence-electron chi connectivity index (χ0n) is 11.9. The fourth-order valence-corrected chi connectivity index (χ4v) is 2.34. The molecule has 116 valence electrons. The monoisotopic (exact) mass is 306 g/mol. The minimum Gasteiger partial charge on any atom is -0.490 e. The number of aromatic carboxylic acids is 1. The zero-order valence-corrected chi connectivity index (χ0v) is 11.9. The number of halogens is 1. The van der Waals surface area contributed by atoms with Crippen LogP contribution in [0.15, 0.2) is 18.2 Å². The lowest BCUT2D eigenvalue weighted by molar-refractivity contribution is 0.0690. The Morgan fingerprint density at radius 2 is 2.00 bits per heavy atom. The van der Waals surface area contributed by atoms with E-state index in [1.807, 2.05) is 0 Å². The highest BCUT2D eigenvalue weighted by molar-refractivity contribution is 5.87. The molecule has 0 radical (unpaired) electrons. The van der Waals surface area contributed by atoms with Crippen molar-refractivity contribution in [1.82, 2.24) is 10.2 Å². The Kier molecular flexibility index (Phi) is 3.70. The average molecular weight is 306 g/mol. The van der Waals surface area contributed by atoms with E-state index in [1.165, 1.54) is 13.0 Å². The van der Waals surface area contributed by atoms with Gasteiger partial charge in [0, 0.05) is 12.0 Å². The molecule has 0 saturated heterocycles. The van der Waals surface area contributed by atoms with E-state index in [-0.39, 0.29) is 5.69 Å². The van der Waals surface area contributed by atoms with Crippen LogP contribution in [0, 0.1) is 0 Å². The summed E-state index contributed by atoms with van der Waals surface area (Å²) in [7, 11) is 0. The summed E-state index contributed by atoms with van der Waals surface area (Å²) in [6.07, 6.45) is -0.507. The number of nitrogens with one attached hydrogen (secondary N) is 1. The number of carboxylic acid groups (broad SMARTS) is 1. The third kappa shape index (κ3) is 2.61. The number of hydrogen-bond donors (Lipinski definition) is 2. The lowest BCUT2D eigenvalue weighted by Crippen LogP contribution is -1.97. The van der Waals surface area contributed by atoms with E-state index in [0.717, 1.165) is 6.42 Å². The van der Waals surface area contributed by atoms with Crippen molar-refractivity contribution in [2.24, 2.45) is 0 Å². The van der Waals surface area contributed by atoms with Crippen molar-refractivity contribution in [2.75, 3.05) is 13.2 Å². The van der Waals surface area contributed by atoms with Crippen LogP contribution in [0.2, 0.25) is 0 Å². The molecular weight excluding hydrogens is 291 g/mol. The molecule has 0 aliphatic carbocycles. The van der Waals surface area contributed by atoms with Gasteiger partial charge in [-0.15, -0.1) is 0 Å². The molecule has 0 spiro atoms. The van der Waals surface area contributed by atoms with Crippen LogP contribution in [0.5, 0.6) is 11.5 Å². The number of H-pyrrole nitrogens is 1. The van der Waals surface area contributed by atoms with Gasteiger partial charge in [0.15, 0.2) is 11.5 Å². The Morgan fingerprint density at radius 1 is 1.32 bits per heavy atom. The van der Waals surface area contributed by atoms with Gasteiger partial charge in [-0.05, 0) is 30.7 Å². The summed E-state index contributed by atoms with van der Waals surface area (Å²) in [6, 6.07) is 4.61. The summed E-state index contributed by atoms with van der Waals surface area (Å²) < 4.78 is 25.1. The predicted molar refractivity (Wildman–Crippen MR) is 76.1 cm³/mol. The van der Waals surface area contributed by atoms with E-state index in [2.05, 4.69) is 10.2 Å². The van der Waals surface area contributed by atoms with Crippen LogP contribution in [0.3, 0.4) is 0 Å². The maximum Gasteiger partial charge on any atom is 0.353 e. The van der Waals surface area contributed by atoms with E-state index < -0.39 is 12.1 Å². The van der Waals surface area contributed by atoms with Crippen molar-refractivity contribution in [2.45, 2.75) is 19.5 Å². The van der Waals surface area contributed by atoms with E-state index >= 15 is 0 Å². The van der Waals surface area contributed by atoms with Crippen LogP contribution in [0.1, 0.15) is 35.6 Å². The lowest BCUT2D eigenvalue weighted by Gasteiger charge is -2.14. The summed E-state index contributed by atoms with van der Waals surface area (Å²) in [5, 5.41) is 15.3. The maximum atomic E-state index is 14.0. The molecular formula is C15H15FN2O4. The van der Waals surface area contributed by atoms with Crippen LogP contribution in [-0.4, -0.2) is 34.5 Å². The molecule has 1 unspecified atom stereocenters. The van der Waals surface area contributed by atoms with Crippen LogP contribution < -0.4 is 9.47 Å². The molecule has 0 amide bonds. The molecule has 0 saturated carbocycles. The SMILES string of the molecule is CC(F)c1cc2c(cc1-c1cc(C(=O)O)[nH]n1)OCCCO2. The number of carbonyl (C=O) groups is 1. The number of rotatable bonds is 3. The van der Waals surface area contributed by atoms with Gasteiger partial charge in [0.2, 0.25) is 0 Å². The second-order valence-electron chi connectivity index (χ2n) is 5.02. The highest BCUT2D eigenvalue weighted by Gasteiger charge is 2.21. The molecule has 22 heavy (non-hydrogen) atoms. The first-order valence-electron chi connectivity index (χ1n) is 6.93. The molecule has 1 aliphatic rings. The fourth-order valence-electron chi connectivity index (χ4n) is 2.34. The normalized spacial score (nSPS) is 15.2. The molecule has 1 aliphatic heterocycles. The first kappa shape index (κ1) is 14.4. The lowest BCUT2D eigenvalue weighted by atomic mass is 10.00. The highest BCUT2D eigenvalue weighted by atomic mass is 19.1. The van der Waals surface area contributed by atoms with Crippen LogP contribution >= 0.6 is 0 Å². The molecule has 1 aromatic heterocycles. The van der Waals surface area contributed by atoms with Crippen molar-refractivity contribution < 1.29 is 23.8 Å². The summed E-state index contributed by atoms with van der Waals surface area (Å²) in [5.41, 5.74) is 1.17. The molecule has 1 atom stereocenters. The van der Waals surface area contributed by atoms with Gasteiger partial charge in [-0.25, -0.2) is 9.18 Å². The van der Waals surface area contributed by atoms with Crippen molar-refractivity contribution >= 4 is 5.97 Å². The number of carboxylic acids is 1. The van der Waals surface area contributed by atoms with E-state index in [4.69, 9.17) is 14.6 Å². The Labute approximate surface area is 125 Å². The second-order valence-corrected chi connectivity index (χ2v) is 5.02. The van der Waals surface area contributed by atoms with Gasteiger partial charge in [-0.3, -0.25) is 5.10 Å². The number of benzene rings is 1. The minimum absolute atomic E-state index is 0.0560. The van der Waals surface area contributed by atoms with Crippen molar-refractivity contribution in [3.63, 3.8) is 0 Å². The van der Waals surface area contributed by atoms with Gasteiger partial charge in [0.1, 0.15) is 11.9 Å². The topological polar surface area (TPSA) is 84.4 Å². The van der Waals surface area contributed by atoms with Gasteiger partial charge in [-0.2, -0.15) is 5.10 Å². The molecule has 1 aromatic carbocycles. The van der Waals surface area contributed by atoms with E-state index in [1.54, 1.807) is 12.1 Å². The molecule has 2 N–H and O–H groups in total. The van der Waals surface area contributed by atoms with Crippen molar-refractivity contribution in [3.8, 4) is 22.8 Å². The fraction of sp³-hybridized carbons (Fsp3) is 0.333. The average Bonchev–Trinajstić information content (AvgIpc) is 2.86. The second kappa shape index (κ2) is 5.67. The molecule has 6 nitrogen and oxygen atoms in total. The Hall–Kier alpha value is -2.57. The number of alkyl halides is 1. The van der Waals surface area contributed by atoms with Gasteiger partial charge < -0.3 is 14.6 Å². The van der Waals surface area contributed by atoms with E-state index in [0.29, 0.717) is 41.5 Å². The Bertz CT molecular complexity index is 712. The summed E-state index contributed by atoms with van der Waals surface area (Å²) in [6.45, 7) is 2.43. The van der Waals surface area contributed by atoms with Crippen molar-refractivity contribution in [3.05, 3.63) is 29.5 Å². The van der Waals surface area contributed by atoms with Gasteiger partial charge in [0.05, 0.1) is 18.9 Å². The largest absolute Gasteiger partial charge is 0.490 e. The number of aromatic nitrogens is 2. The number of fused-ring (bicyclic) bond motifs is 1. The van der Waals surface area contributed by atoms with Gasteiger partial charge in [0.25, 0.3) is 0 Å². The standard InChI is InChI=1S/C15H15FN2O4/c1-8(16)9-5-13-14(22-4-2-3-21-13)6-10(9)11-7-12(15(19)20)18-17-11/h5-8H,2-4H2,1H3,(H,17,18)(H,19,20). The molecule has 7 heteroatoms. The first-order chi connectivity index (χ1) is 10.6. The smallest absolute Gasteiger partial charge is 0.353 e. The molecule has 3 rings (SSSR count). The molecule has 2 heterocycles. The minimum atomic E-state index is -1.25. The summed E-state index contributed by atoms with van der Waals surface area (Å²) in [5.74, 6) is -0.116. The third-order valence-electron chi connectivity index (χ3n) is 3.43. The van der Waals surface area contributed by atoms with Crippen LogP contribution in [0.4, 0.5) is 4.39 Å². The zero-order chi connectivity index (χ0) is 15.7. The molecule has 0 bridgehead atoms. The maximum absolute atomic E-state index is 14.0. The number of hydrogen-bond acceptors (Lipinski definition) is 4. The predicted octanol–water partition coefficient (Wildman–Crippen LogP) is 2.97. The first-order valence-corrected chi connectivity index (χ1v) is 6.93. The van der Waals surface area contributed by atoms with E-state index in [9.17, 15) is 9.18 Å². The highest BCUT2D eigenvalue weighted by Crippen LogP contribution is 2.40. The third-order valence-corrected chi connectivity index (χ3v) is 3.43. The Morgan fingerprint density at radius 3 is 2.59 bits per heavy atom. The van der Waals surface area contributed by atoms with Crippen LogP contribution in [0.25, 0.3) is 11.3 Å². The molecule has 0 fully saturated rings. The molecule has 2 aromatic rings. The van der Waals surface area contributed by atoms with Gasteiger partial charge in [-0.1, -0.05) is 0 Å². The van der Waals surface area contributed by atoms with Crippen molar-refractivity contribution in [1.29, 1.82) is 0 Å². The number of nitrogens with zero attached hydrogens (tertiary/aromatic N) is 1. The summed E-state index contributed by atoms with van der Waals surface area (Å²) >= 11 is 0. The summed E-state index contributed by atoms with van der Waals surface area (Å²) in [4.78, 5) is 11.0. The number of ether oxygens (including phenoxy) is 2. The number of aromatic amines is 1. The quantitative estimate of drug-likeness (QED) is 0.910. The Balaban J connectivity index is 2.11. The van der Waals surface area contributed by atoms with Crippen LogP contribution in [-0.2, 0) is 0 Å². The van der Waals surface area contributed by atoms with Gasteiger partial charge >= 0.3 is 5.97 Å².